The first kappa shape index (κ1) is 42.3. The summed E-state index contributed by atoms with van der Waals surface area (Å²) >= 11 is 2.66. The maximum Gasteiger partial charge on any atom is 0.297 e. The number of thiazole rings is 2. The first-order valence-electron chi connectivity index (χ1n) is 19.2. The first-order chi connectivity index (χ1) is 28.3. The number of hydrogen-bond acceptors (Lipinski definition) is 15. The molecule has 0 aliphatic carbocycles. The minimum Gasteiger partial charge on any atom is -0.371 e. The molecule has 0 unspecified atom stereocenters. The zero-order valence-electron chi connectivity index (χ0n) is 32.1. The topological polar surface area (TPSA) is 208 Å². The van der Waals surface area contributed by atoms with Gasteiger partial charge in [0.25, 0.3) is 20.2 Å². The summed E-state index contributed by atoms with van der Waals surface area (Å²) in [7, 11) is -8.90. The van der Waals surface area contributed by atoms with E-state index in [1.807, 2.05) is 24.3 Å². The number of aryl methyl sites for hydroxylation is 2. The van der Waals surface area contributed by atoms with Gasteiger partial charge in [0.1, 0.15) is 21.2 Å². The molecule has 15 nitrogen and oxygen atoms in total. The molecule has 4 aliphatic rings. The van der Waals surface area contributed by atoms with Crippen LogP contribution in [0.5, 0.6) is 0 Å². The fourth-order valence-corrected chi connectivity index (χ4v) is 12.0. The zero-order chi connectivity index (χ0) is 41.1. The number of para-hydroxylation sites is 1. The number of rotatable bonds is 7. The number of fused-ring (bicyclic) bond motifs is 2. The van der Waals surface area contributed by atoms with Crippen molar-refractivity contribution >= 4 is 102 Å². The van der Waals surface area contributed by atoms with E-state index < -0.39 is 20.2 Å². The van der Waals surface area contributed by atoms with Crippen molar-refractivity contribution in [1.82, 2.24) is 9.97 Å². The standard InChI is InChI=1S/C21H20N4O4S2.C19H18N4O3S2.Pd/c1-12(26)13-6-7-16-18(11-13)30-21(22-16)24-23-17-10-14-4-2-8-25-9-3-5-15(19(14)25)20(17)31(27,28)29;24-28(25,26)18-13-6-4-10-23-9-3-5-12(17(13)23)11-15(18)21-22-19-20-14-7-1-2-8-16(14)27-19;/h6-7,10-11H,2-5,8-9H2,1H3,(H,27,28,29);1-2,7-8,11H,3-6,9-10H2,(H,24,25,26);. The van der Waals surface area contributed by atoms with E-state index in [4.69, 9.17) is 0 Å². The van der Waals surface area contributed by atoms with Crippen molar-refractivity contribution in [2.75, 3.05) is 36.0 Å². The zero-order valence-corrected chi connectivity index (χ0v) is 37.0. The average Bonchev–Trinajstić information content (AvgIpc) is 3.82. The monoisotopic (exact) mass is 976 g/mol. The summed E-state index contributed by atoms with van der Waals surface area (Å²) in [5.74, 6) is -0.0339. The van der Waals surface area contributed by atoms with Gasteiger partial charge in [-0.2, -0.15) is 16.8 Å². The van der Waals surface area contributed by atoms with Gasteiger partial charge in [0.15, 0.2) is 5.78 Å². The van der Waals surface area contributed by atoms with E-state index in [2.05, 4.69) is 40.2 Å². The van der Waals surface area contributed by atoms with Crippen LogP contribution in [0.4, 0.5) is 33.0 Å². The summed E-state index contributed by atoms with van der Waals surface area (Å²) in [6.45, 7) is 5.11. The number of benzene rings is 4. The van der Waals surface area contributed by atoms with Gasteiger partial charge in [0.2, 0.25) is 10.3 Å². The van der Waals surface area contributed by atoms with Crippen molar-refractivity contribution in [3.8, 4) is 0 Å². The van der Waals surface area contributed by atoms with E-state index in [9.17, 15) is 30.7 Å². The van der Waals surface area contributed by atoms with Gasteiger partial charge in [-0.05, 0) is 123 Å². The fraction of sp³-hybridized carbons (Fsp3) is 0.325. The Labute approximate surface area is 367 Å². The molecule has 4 aromatic carbocycles. The molecule has 0 bridgehead atoms. The Kier molecular flexibility index (Phi) is 11.9. The van der Waals surface area contributed by atoms with Gasteiger partial charge in [-0.15, -0.1) is 20.5 Å². The minimum absolute atomic E-state index is 0. The van der Waals surface area contributed by atoms with Gasteiger partial charge in [-0.1, -0.05) is 34.8 Å². The van der Waals surface area contributed by atoms with Gasteiger partial charge in [-0.25, -0.2) is 9.97 Å². The van der Waals surface area contributed by atoms with Crippen molar-refractivity contribution in [2.24, 2.45) is 20.5 Å². The van der Waals surface area contributed by atoms with Crippen molar-refractivity contribution in [1.29, 1.82) is 0 Å². The molecule has 0 saturated carbocycles. The molecule has 20 heteroatoms. The molecule has 6 aromatic rings. The molecule has 4 aliphatic heterocycles. The van der Waals surface area contributed by atoms with Crippen LogP contribution in [0.3, 0.4) is 0 Å². The fourth-order valence-electron chi connectivity index (χ4n) is 8.62. The molecule has 6 heterocycles. The summed E-state index contributed by atoms with van der Waals surface area (Å²) in [5.41, 5.74) is 7.76. The molecule has 0 fully saturated rings. The second kappa shape index (κ2) is 16.8. The van der Waals surface area contributed by atoms with Crippen LogP contribution in [0.1, 0.15) is 65.2 Å². The molecule has 2 aromatic heterocycles. The normalized spacial score (nSPS) is 16.1. The van der Waals surface area contributed by atoms with Crippen LogP contribution in [-0.4, -0.2) is 67.9 Å². The smallest absolute Gasteiger partial charge is 0.297 e. The molecule has 0 radical (unpaired) electrons. The van der Waals surface area contributed by atoms with Crippen molar-refractivity contribution in [2.45, 2.75) is 68.1 Å². The van der Waals surface area contributed by atoms with E-state index in [1.165, 1.54) is 29.6 Å². The number of carbonyl (C=O) groups is 1. The Morgan fingerprint density at radius 1 is 0.633 bits per heavy atom. The predicted octanol–water partition coefficient (Wildman–Crippen LogP) is 9.51. The maximum atomic E-state index is 12.3. The van der Waals surface area contributed by atoms with Crippen LogP contribution in [0, 0.1) is 0 Å². The Balaban J connectivity index is 0.000000164. The number of nitrogens with zero attached hydrogens (tertiary/aromatic N) is 8. The summed E-state index contributed by atoms with van der Waals surface area (Å²) in [5, 5.41) is 17.6. The minimum atomic E-state index is -4.48. The number of carbonyl (C=O) groups excluding carboxylic acids is 1. The van der Waals surface area contributed by atoms with Crippen LogP contribution in [0.15, 0.2) is 84.8 Å². The Morgan fingerprint density at radius 2 is 1.10 bits per heavy atom. The SMILES string of the molecule is CC(=O)c1ccc2nc(N=Nc3cc4c5c(c3S(=O)(=O)O)CCCN5CCC4)sc2c1.O=S(=O)(O)c1c(N=Nc2nc3ccccc3s2)cc2c3c1CCCN3CCC2.[Pd]. The van der Waals surface area contributed by atoms with Crippen molar-refractivity contribution < 1.29 is 51.2 Å². The van der Waals surface area contributed by atoms with Crippen LogP contribution >= 0.6 is 22.7 Å². The molecule has 0 spiro atoms. The van der Waals surface area contributed by atoms with Crippen LogP contribution in [-0.2, 0) is 66.3 Å². The Morgan fingerprint density at radius 3 is 1.58 bits per heavy atom. The predicted molar refractivity (Wildman–Crippen MR) is 228 cm³/mol. The van der Waals surface area contributed by atoms with E-state index in [0.29, 0.717) is 45.3 Å². The van der Waals surface area contributed by atoms with Crippen LogP contribution < -0.4 is 9.80 Å². The number of aromatic nitrogens is 2. The molecular formula is C40H38N8O7PdS4. The number of hydrogen-bond donors (Lipinski definition) is 2. The number of azo groups is 2. The van der Waals surface area contributed by atoms with Gasteiger partial charge < -0.3 is 9.80 Å². The maximum absolute atomic E-state index is 12.3. The van der Waals surface area contributed by atoms with Crippen LogP contribution in [0.25, 0.3) is 20.4 Å². The summed E-state index contributed by atoms with van der Waals surface area (Å²) in [4.78, 5) is 24.6. The number of Topliss-reactive ketones (excluding diaryl/α,β-unsaturated/α-hetero) is 1. The van der Waals surface area contributed by atoms with Crippen molar-refractivity contribution in [3.05, 3.63) is 82.4 Å². The molecule has 0 saturated heterocycles. The molecule has 10 rings (SSSR count). The third-order valence-corrected chi connectivity index (χ3v) is 14.7. The van der Waals surface area contributed by atoms with Gasteiger partial charge in [0, 0.05) is 63.5 Å². The molecule has 0 amide bonds. The molecule has 0 atom stereocenters. The van der Waals surface area contributed by atoms with Crippen molar-refractivity contribution in [3.63, 3.8) is 0 Å². The second-order valence-corrected chi connectivity index (χ2v) is 19.6. The van der Waals surface area contributed by atoms with E-state index in [1.54, 1.807) is 30.3 Å². The van der Waals surface area contributed by atoms with Gasteiger partial charge in [0.05, 0.1) is 20.4 Å². The largest absolute Gasteiger partial charge is 0.371 e. The van der Waals surface area contributed by atoms with E-state index >= 15 is 0 Å². The Bertz CT molecular complexity index is 2950. The number of ketones is 1. The summed E-state index contributed by atoms with van der Waals surface area (Å²) in [6.07, 6.45) is 6.58. The van der Waals surface area contributed by atoms with E-state index in [-0.39, 0.29) is 47.4 Å². The van der Waals surface area contributed by atoms with Gasteiger partial charge in [-0.3, -0.25) is 13.9 Å². The van der Waals surface area contributed by atoms with Gasteiger partial charge >= 0.3 is 0 Å². The Hall–Kier alpha value is -4.39. The van der Waals surface area contributed by atoms with Crippen LogP contribution in [0.2, 0.25) is 0 Å². The molecular weight excluding hydrogens is 939 g/mol. The number of anilines is 2. The first-order valence-corrected chi connectivity index (χ1v) is 23.8. The molecule has 2 N–H and O–H groups in total. The van der Waals surface area contributed by atoms with E-state index in [0.717, 1.165) is 102 Å². The summed E-state index contributed by atoms with van der Waals surface area (Å²) < 4.78 is 70.8. The third kappa shape index (κ3) is 8.31. The summed E-state index contributed by atoms with van der Waals surface area (Å²) in [6, 6.07) is 16.4. The third-order valence-electron chi connectivity index (χ3n) is 11.0. The second-order valence-electron chi connectivity index (χ2n) is 14.9. The molecule has 314 valence electrons. The quantitative estimate of drug-likeness (QED) is 0.0666. The molecule has 60 heavy (non-hydrogen) atoms. The average molecular weight is 977 g/mol.